The average molecular weight is 359 g/mol. The van der Waals surface area contributed by atoms with Gasteiger partial charge in [-0.25, -0.2) is 0 Å². The molecule has 0 spiro atoms. The zero-order valence-corrected chi connectivity index (χ0v) is 15.3. The van der Waals surface area contributed by atoms with Crippen LogP contribution in [0.5, 0.6) is 5.75 Å². The topological polar surface area (TPSA) is 61.8 Å². The predicted molar refractivity (Wildman–Crippen MR) is 104 cm³/mol. The van der Waals surface area contributed by atoms with Crippen molar-refractivity contribution in [1.29, 1.82) is 0 Å². The number of anilines is 1. The van der Waals surface area contributed by atoms with E-state index in [0.29, 0.717) is 19.2 Å². The molecule has 0 unspecified atom stereocenters. The summed E-state index contributed by atoms with van der Waals surface area (Å²) in [5.41, 5.74) is 0. The van der Waals surface area contributed by atoms with Gasteiger partial charge in [-0.1, -0.05) is 0 Å². The molecule has 0 bridgehead atoms. The van der Waals surface area contributed by atoms with Crippen LogP contribution in [0, 0.1) is 0 Å². The SMILES string of the molecule is CN=C(NCCOc1cccnc1)NC1CCN(c2cccs2)CC1. The van der Waals surface area contributed by atoms with Crippen molar-refractivity contribution in [2.75, 3.05) is 38.2 Å². The minimum atomic E-state index is 0.460. The van der Waals surface area contributed by atoms with E-state index in [-0.39, 0.29) is 0 Å². The van der Waals surface area contributed by atoms with Crippen LogP contribution in [0.15, 0.2) is 47.0 Å². The fourth-order valence-corrected chi connectivity index (χ4v) is 3.64. The van der Waals surface area contributed by atoms with Crippen LogP contribution in [0.2, 0.25) is 0 Å². The molecule has 0 amide bonds. The van der Waals surface area contributed by atoms with Gasteiger partial charge in [-0.15, -0.1) is 11.3 Å². The standard InChI is InChI=1S/C18H25N5OS/c1-19-18(21-9-12-24-16-4-2-8-20-14-16)22-15-6-10-23(11-7-15)17-5-3-13-25-17/h2-5,8,13-15H,6-7,9-12H2,1H3,(H2,19,21,22). The van der Waals surface area contributed by atoms with Gasteiger partial charge in [0, 0.05) is 32.4 Å². The highest BCUT2D eigenvalue weighted by Gasteiger charge is 2.20. The molecule has 134 valence electrons. The molecule has 2 aromatic rings. The third-order valence-corrected chi connectivity index (χ3v) is 5.10. The maximum Gasteiger partial charge on any atom is 0.191 e. The Bertz CT molecular complexity index is 639. The van der Waals surface area contributed by atoms with Crippen LogP contribution >= 0.6 is 11.3 Å². The van der Waals surface area contributed by atoms with E-state index in [2.05, 4.69) is 43.0 Å². The van der Waals surface area contributed by atoms with Gasteiger partial charge in [0.25, 0.3) is 0 Å². The third kappa shape index (κ3) is 5.35. The summed E-state index contributed by atoms with van der Waals surface area (Å²) in [6.07, 6.45) is 5.69. The molecule has 1 aliphatic rings. The Kier molecular flexibility index (Phi) is 6.50. The molecule has 0 radical (unpaired) electrons. The van der Waals surface area contributed by atoms with Crippen molar-refractivity contribution in [3.63, 3.8) is 0 Å². The van der Waals surface area contributed by atoms with Crippen LogP contribution < -0.4 is 20.3 Å². The molecule has 0 saturated carbocycles. The molecule has 1 fully saturated rings. The first-order valence-corrected chi connectivity index (χ1v) is 9.51. The van der Waals surface area contributed by atoms with Crippen LogP contribution in [-0.2, 0) is 0 Å². The Morgan fingerprint density at radius 3 is 2.92 bits per heavy atom. The average Bonchev–Trinajstić information content (AvgIpc) is 3.20. The molecule has 3 heterocycles. The Balaban J connectivity index is 1.35. The van der Waals surface area contributed by atoms with Gasteiger partial charge in [-0.2, -0.15) is 0 Å². The molecule has 1 saturated heterocycles. The van der Waals surface area contributed by atoms with E-state index in [1.807, 2.05) is 23.5 Å². The highest BCUT2D eigenvalue weighted by molar-refractivity contribution is 7.14. The van der Waals surface area contributed by atoms with Gasteiger partial charge in [0.2, 0.25) is 0 Å². The van der Waals surface area contributed by atoms with Crippen LogP contribution in [-0.4, -0.2) is 50.3 Å². The first-order valence-electron chi connectivity index (χ1n) is 8.63. The summed E-state index contributed by atoms with van der Waals surface area (Å²) in [7, 11) is 1.80. The molecule has 0 aliphatic carbocycles. The first kappa shape index (κ1) is 17.5. The van der Waals surface area contributed by atoms with Crippen molar-refractivity contribution < 1.29 is 4.74 Å². The van der Waals surface area contributed by atoms with Crippen LogP contribution in [0.3, 0.4) is 0 Å². The fourth-order valence-electron chi connectivity index (χ4n) is 2.85. The van der Waals surface area contributed by atoms with Gasteiger partial charge in [0.15, 0.2) is 5.96 Å². The Labute approximate surface area is 152 Å². The summed E-state index contributed by atoms with van der Waals surface area (Å²) < 4.78 is 5.63. The van der Waals surface area contributed by atoms with Crippen molar-refractivity contribution >= 4 is 22.3 Å². The molecule has 1 aliphatic heterocycles. The van der Waals surface area contributed by atoms with Crippen molar-refractivity contribution in [2.45, 2.75) is 18.9 Å². The summed E-state index contributed by atoms with van der Waals surface area (Å²) in [6.45, 7) is 3.43. The Morgan fingerprint density at radius 1 is 1.36 bits per heavy atom. The molecule has 0 atom stereocenters. The molecule has 25 heavy (non-hydrogen) atoms. The zero-order chi connectivity index (χ0) is 17.3. The minimum Gasteiger partial charge on any atom is -0.490 e. The molecule has 0 aromatic carbocycles. The second-order valence-corrected chi connectivity index (χ2v) is 6.82. The number of aliphatic imine (C=N–C) groups is 1. The molecular weight excluding hydrogens is 334 g/mol. The number of guanidine groups is 1. The number of thiophene rings is 1. The second-order valence-electron chi connectivity index (χ2n) is 5.89. The van der Waals surface area contributed by atoms with Gasteiger partial charge >= 0.3 is 0 Å². The largest absolute Gasteiger partial charge is 0.490 e. The Morgan fingerprint density at radius 2 is 2.24 bits per heavy atom. The number of hydrogen-bond donors (Lipinski definition) is 2. The molecule has 3 rings (SSSR count). The first-order chi connectivity index (χ1) is 12.3. The van der Waals surface area contributed by atoms with E-state index in [0.717, 1.165) is 37.6 Å². The van der Waals surface area contributed by atoms with Gasteiger partial charge in [-0.05, 0) is 42.5 Å². The van der Waals surface area contributed by atoms with Gasteiger partial charge < -0.3 is 20.3 Å². The number of piperidine rings is 1. The van der Waals surface area contributed by atoms with Gasteiger partial charge in [0.05, 0.1) is 17.7 Å². The van der Waals surface area contributed by atoms with E-state index in [1.54, 1.807) is 19.4 Å². The normalized spacial score (nSPS) is 15.9. The monoisotopic (exact) mass is 359 g/mol. The number of aromatic nitrogens is 1. The number of nitrogens with one attached hydrogen (secondary N) is 2. The summed E-state index contributed by atoms with van der Waals surface area (Å²) in [5, 5.41) is 10.3. The lowest BCUT2D eigenvalue weighted by Crippen LogP contribution is -2.49. The van der Waals surface area contributed by atoms with Crippen molar-refractivity contribution in [3.05, 3.63) is 42.0 Å². The minimum absolute atomic E-state index is 0.460. The predicted octanol–water partition coefficient (Wildman–Crippen LogP) is 2.36. The zero-order valence-electron chi connectivity index (χ0n) is 14.5. The lowest BCUT2D eigenvalue weighted by atomic mass is 10.1. The van der Waals surface area contributed by atoms with E-state index in [1.165, 1.54) is 5.00 Å². The van der Waals surface area contributed by atoms with Crippen LogP contribution in [0.25, 0.3) is 0 Å². The van der Waals surface area contributed by atoms with Crippen molar-refractivity contribution in [3.8, 4) is 5.75 Å². The lowest BCUT2D eigenvalue weighted by molar-refractivity contribution is 0.320. The third-order valence-electron chi connectivity index (χ3n) is 4.17. The van der Waals surface area contributed by atoms with E-state index in [9.17, 15) is 0 Å². The molecular formula is C18H25N5OS. The summed E-state index contributed by atoms with van der Waals surface area (Å²) in [5.74, 6) is 1.62. The van der Waals surface area contributed by atoms with Crippen LogP contribution in [0.4, 0.5) is 5.00 Å². The van der Waals surface area contributed by atoms with Crippen LogP contribution in [0.1, 0.15) is 12.8 Å². The number of hydrogen-bond acceptors (Lipinski definition) is 5. The lowest BCUT2D eigenvalue weighted by Gasteiger charge is -2.33. The molecule has 7 heteroatoms. The Hall–Kier alpha value is -2.28. The molecule has 2 N–H and O–H groups in total. The van der Waals surface area contributed by atoms with E-state index < -0.39 is 0 Å². The maximum absolute atomic E-state index is 5.63. The second kappa shape index (κ2) is 9.27. The van der Waals surface area contributed by atoms with E-state index >= 15 is 0 Å². The number of pyridine rings is 1. The van der Waals surface area contributed by atoms with Gasteiger partial charge in [0.1, 0.15) is 12.4 Å². The van der Waals surface area contributed by atoms with Crippen molar-refractivity contribution in [1.82, 2.24) is 15.6 Å². The maximum atomic E-state index is 5.63. The summed E-state index contributed by atoms with van der Waals surface area (Å²) in [6, 6.07) is 8.54. The van der Waals surface area contributed by atoms with Gasteiger partial charge in [-0.3, -0.25) is 9.98 Å². The highest BCUT2D eigenvalue weighted by atomic mass is 32.1. The quantitative estimate of drug-likeness (QED) is 0.471. The smallest absolute Gasteiger partial charge is 0.191 e. The summed E-state index contributed by atoms with van der Waals surface area (Å²) in [4.78, 5) is 10.8. The van der Waals surface area contributed by atoms with E-state index in [4.69, 9.17) is 4.74 Å². The molecule has 2 aromatic heterocycles. The number of rotatable bonds is 6. The number of nitrogens with zero attached hydrogens (tertiary/aromatic N) is 3. The van der Waals surface area contributed by atoms with Crippen molar-refractivity contribution in [2.24, 2.45) is 4.99 Å². The number of ether oxygens (including phenoxy) is 1. The fraction of sp³-hybridized carbons (Fsp3) is 0.444. The highest BCUT2D eigenvalue weighted by Crippen LogP contribution is 2.24. The summed E-state index contributed by atoms with van der Waals surface area (Å²) >= 11 is 1.81. The molecule has 6 nitrogen and oxygen atoms in total.